The molecule has 1 rings (SSSR count). The molecule has 12 heavy (non-hydrogen) atoms. The van der Waals surface area contributed by atoms with Crippen LogP contribution in [0.1, 0.15) is 26.2 Å². The van der Waals surface area contributed by atoms with E-state index in [0.717, 1.165) is 12.8 Å². The Bertz CT molecular complexity index is 168. The van der Waals surface area contributed by atoms with Crippen LogP contribution in [-0.4, -0.2) is 29.2 Å². The lowest BCUT2D eigenvalue weighted by Gasteiger charge is -2.16. The van der Waals surface area contributed by atoms with Gasteiger partial charge in [-0.1, -0.05) is 6.92 Å². The van der Waals surface area contributed by atoms with Gasteiger partial charge in [0, 0.05) is 12.1 Å². The van der Waals surface area contributed by atoms with Gasteiger partial charge in [0.1, 0.15) is 6.10 Å². The Hall–Kier alpha value is -0.610. The number of amides is 1. The fraction of sp³-hybridized carbons (Fsp3) is 0.875. The van der Waals surface area contributed by atoms with Crippen molar-refractivity contribution in [2.75, 3.05) is 0 Å². The van der Waals surface area contributed by atoms with Crippen molar-refractivity contribution in [3.8, 4) is 0 Å². The first-order valence-corrected chi connectivity index (χ1v) is 4.39. The van der Waals surface area contributed by atoms with Crippen LogP contribution < -0.4 is 11.1 Å². The molecule has 0 unspecified atom stereocenters. The SMILES string of the molecule is CC[C@H](N)[C@H](O)C(=O)NC1CC1. The van der Waals surface area contributed by atoms with Crippen molar-refractivity contribution in [1.29, 1.82) is 0 Å². The van der Waals surface area contributed by atoms with Gasteiger partial charge in [-0.05, 0) is 19.3 Å². The maximum atomic E-state index is 11.2. The Balaban J connectivity index is 2.28. The van der Waals surface area contributed by atoms with Gasteiger partial charge in [-0.2, -0.15) is 0 Å². The van der Waals surface area contributed by atoms with Crippen molar-refractivity contribution in [1.82, 2.24) is 5.32 Å². The normalized spacial score (nSPS) is 21.6. The maximum Gasteiger partial charge on any atom is 0.250 e. The number of nitrogens with two attached hydrogens (primary N) is 1. The van der Waals surface area contributed by atoms with Gasteiger partial charge in [0.15, 0.2) is 0 Å². The molecule has 4 N–H and O–H groups in total. The Labute approximate surface area is 72.1 Å². The summed E-state index contributed by atoms with van der Waals surface area (Å²) in [5.74, 6) is -0.327. The predicted molar refractivity (Wildman–Crippen MR) is 45.4 cm³/mol. The predicted octanol–water partition coefficient (Wildman–Crippen LogP) is -0.637. The van der Waals surface area contributed by atoms with Crippen LogP contribution in [0.3, 0.4) is 0 Å². The minimum Gasteiger partial charge on any atom is -0.382 e. The lowest BCUT2D eigenvalue weighted by molar-refractivity contribution is -0.130. The highest BCUT2D eigenvalue weighted by Gasteiger charge is 2.28. The monoisotopic (exact) mass is 172 g/mol. The molecule has 4 heteroatoms. The molecule has 0 saturated heterocycles. The van der Waals surface area contributed by atoms with Gasteiger partial charge in [0.05, 0.1) is 0 Å². The Morgan fingerprint density at radius 3 is 2.75 bits per heavy atom. The summed E-state index contributed by atoms with van der Waals surface area (Å²) < 4.78 is 0. The van der Waals surface area contributed by atoms with E-state index in [4.69, 9.17) is 5.73 Å². The molecule has 70 valence electrons. The lowest BCUT2D eigenvalue weighted by Crippen LogP contribution is -2.46. The average molecular weight is 172 g/mol. The molecule has 0 aliphatic heterocycles. The number of carbonyl (C=O) groups excluding carboxylic acids is 1. The number of carbonyl (C=O) groups is 1. The molecule has 0 heterocycles. The third-order valence-corrected chi connectivity index (χ3v) is 2.07. The van der Waals surface area contributed by atoms with Crippen LogP contribution in [0, 0.1) is 0 Å². The Morgan fingerprint density at radius 2 is 2.33 bits per heavy atom. The Kier molecular flexibility index (Phi) is 3.05. The van der Waals surface area contributed by atoms with E-state index in [1.54, 1.807) is 0 Å². The van der Waals surface area contributed by atoms with Crippen LogP contribution in [0.25, 0.3) is 0 Å². The molecule has 0 aromatic carbocycles. The summed E-state index contributed by atoms with van der Waals surface area (Å²) in [7, 11) is 0. The molecule has 0 aromatic heterocycles. The van der Waals surface area contributed by atoms with Gasteiger partial charge >= 0.3 is 0 Å². The molecule has 1 amide bonds. The molecular formula is C8H16N2O2. The van der Waals surface area contributed by atoms with Gasteiger partial charge in [-0.25, -0.2) is 0 Å². The van der Waals surface area contributed by atoms with Gasteiger partial charge in [0.2, 0.25) is 0 Å². The molecule has 0 bridgehead atoms. The fourth-order valence-corrected chi connectivity index (χ4v) is 0.932. The van der Waals surface area contributed by atoms with E-state index < -0.39 is 12.1 Å². The van der Waals surface area contributed by atoms with Gasteiger partial charge < -0.3 is 16.2 Å². The van der Waals surface area contributed by atoms with Crippen molar-refractivity contribution in [3.63, 3.8) is 0 Å². The second-order valence-electron chi connectivity index (χ2n) is 3.30. The van der Waals surface area contributed by atoms with E-state index in [1.165, 1.54) is 0 Å². The zero-order valence-corrected chi connectivity index (χ0v) is 7.29. The molecule has 1 saturated carbocycles. The van der Waals surface area contributed by atoms with Crippen LogP contribution >= 0.6 is 0 Å². The summed E-state index contributed by atoms with van der Waals surface area (Å²) in [6, 6.07) is -0.153. The van der Waals surface area contributed by atoms with Crippen molar-refractivity contribution in [2.45, 2.75) is 44.4 Å². The standard InChI is InChI=1S/C8H16N2O2/c1-2-6(9)7(11)8(12)10-5-3-4-5/h5-7,11H,2-4,9H2,1H3,(H,10,12)/t6-,7-/m0/s1. The first kappa shape index (κ1) is 9.48. The number of hydrogen-bond donors (Lipinski definition) is 3. The lowest BCUT2D eigenvalue weighted by atomic mass is 10.1. The van der Waals surface area contributed by atoms with E-state index in [1.807, 2.05) is 6.92 Å². The molecule has 1 aliphatic rings. The smallest absolute Gasteiger partial charge is 0.250 e. The average Bonchev–Trinajstić information content (AvgIpc) is 2.85. The Morgan fingerprint density at radius 1 is 1.75 bits per heavy atom. The third kappa shape index (κ3) is 2.46. The summed E-state index contributed by atoms with van der Waals surface area (Å²) in [4.78, 5) is 11.2. The van der Waals surface area contributed by atoms with E-state index in [0.29, 0.717) is 6.42 Å². The van der Waals surface area contributed by atoms with Crippen molar-refractivity contribution < 1.29 is 9.90 Å². The number of rotatable bonds is 4. The highest BCUT2D eigenvalue weighted by Crippen LogP contribution is 2.18. The maximum absolute atomic E-state index is 11.2. The molecular weight excluding hydrogens is 156 g/mol. The second kappa shape index (κ2) is 3.87. The third-order valence-electron chi connectivity index (χ3n) is 2.07. The molecule has 0 aromatic rings. The minimum absolute atomic E-state index is 0.288. The molecule has 4 nitrogen and oxygen atoms in total. The highest BCUT2D eigenvalue weighted by atomic mass is 16.3. The summed E-state index contributed by atoms with van der Waals surface area (Å²) in [5, 5.41) is 12.0. The topological polar surface area (TPSA) is 75.3 Å². The van der Waals surface area contributed by atoms with Gasteiger partial charge in [-0.15, -0.1) is 0 Å². The number of aliphatic hydroxyl groups is 1. The van der Waals surface area contributed by atoms with Crippen LogP contribution in [0.5, 0.6) is 0 Å². The molecule has 0 radical (unpaired) electrons. The van der Waals surface area contributed by atoms with Gasteiger partial charge in [0.25, 0.3) is 5.91 Å². The van der Waals surface area contributed by atoms with E-state index in [-0.39, 0.29) is 11.9 Å². The molecule has 1 aliphatic carbocycles. The number of nitrogens with one attached hydrogen (secondary N) is 1. The minimum atomic E-state index is -1.05. The van der Waals surface area contributed by atoms with Crippen LogP contribution in [0.4, 0.5) is 0 Å². The van der Waals surface area contributed by atoms with Gasteiger partial charge in [-0.3, -0.25) is 4.79 Å². The van der Waals surface area contributed by atoms with E-state index in [2.05, 4.69) is 5.32 Å². The van der Waals surface area contributed by atoms with Crippen molar-refractivity contribution >= 4 is 5.91 Å². The quantitative estimate of drug-likeness (QED) is 0.528. The number of aliphatic hydroxyl groups excluding tert-OH is 1. The first-order valence-electron chi connectivity index (χ1n) is 4.39. The zero-order chi connectivity index (χ0) is 9.14. The number of hydrogen-bond acceptors (Lipinski definition) is 3. The van der Waals surface area contributed by atoms with Crippen molar-refractivity contribution in [3.05, 3.63) is 0 Å². The van der Waals surface area contributed by atoms with Crippen LogP contribution in [0.2, 0.25) is 0 Å². The largest absolute Gasteiger partial charge is 0.382 e. The summed E-state index contributed by atoms with van der Waals surface area (Å²) >= 11 is 0. The highest BCUT2D eigenvalue weighted by molar-refractivity contribution is 5.81. The molecule has 0 spiro atoms. The van der Waals surface area contributed by atoms with Crippen molar-refractivity contribution in [2.24, 2.45) is 5.73 Å². The molecule has 2 atom stereocenters. The van der Waals surface area contributed by atoms with E-state index in [9.17, 15) is 9.90 Å². The first-order chi connectivity index (χ1) is 5.65. The summed E-state index contributed by atoms with van der Waals surface area (Å²) in [5.41, 5.74) is 5.50. The summed E-state index contributed by atoms with van der Waals surface area (Å²) in [6.45, 7) is 1.85. The fourth-order valence-electron chi connectivity index (χ4n) is 0.932. The van der Waals surface area contributed by atoms with E-state index >= 15 is 0 Å². The molecule has 1 fully saturated rings. The second-order valence-corrected chi connectivity index (χ2v) is 3.30. The van der Waals surface area contributed by atoms with Crippen LogP contribution in [-0.2, 0) is 4.79 Å². The summed E-state index contributed by atoms with van der Waals surface area (Å²) in [6.07, 6.45) is 1.62. The zero-order valence-electron chi connectivity index (χ0n) is 7.29. The van der Waals surface area contributed by atoms with Crippen LogP contribution in [0.15, 0.2) is 0 Å².